The highest BCUT2D eigenvalue weighted by Gasteiger charge is 2.15. The number of nitrogens with zero attached hydrogens (tertiary/aromatic N) is 5. The van der Waals surface area contributed by atoms with Crippen molar-refractivity contribution in [1.29, 1.82) is 0 Å². The second kappa shape index (κ2) is 17.9. The summed E-state index contributed by atoms with van der Waals surface area (Å²) in [5, 5.41) is 21.8. The molecule has 0 atom stereocenters. The van der Waals surface area contributed by atoms with E-state index in [0.717, 1.165) is 39.3 Å². The van der Waals surface area contributed by atoms with E-state index in [9.17, 15) is 0 Å². The van der Waals surface area contributed by atoms with Gasteiger partial charge in [0.05, 0.1) is 18.1 Å². The highest BCUT2D eigenvalue weighted by atomic mass is 127. The first-order chi connectivity index (χ1) is 31.5. The number of aromatic nitrogens is 6. The molecule has 8 aromatic carbocycles. The lowest BCUT2D eigenvalue weighted by Crippen LogP contribution is -1.93. The van der Waals surface area contributed by atoms with Gasteiger partial charge in [-0.3, -0.25) is 0 Å². The van der Waals surface area contributed by atoms with Crippen LogP contribution in [0.25, 0.3) is 95.1 Å². The van der Waals surface area contributed by atoms with Crippen LogP contribution in [0.15, 0.2) is 203 Å². The Morgan fingerprint density at radius 2 is 0.906 bits per heavy atom. The SMILES string of the molecule is COc1cccc(-c2nnc(-c3ccc(I)cc3)o2)c1.Cc1cccc(-c2nnc(-c3ccc(-n4c5ccccc5c5ccccc54)cc3)o2)c1.c1ccc2c(c1)[nH]c1ccccc12. The Morgan fingerprint density at radius 1 is 0.453 bits per heavy atom. The van der Waals surface area contributed by atoms with Gasteiger partial charge in [0.25, 0.3) is 0 Å². The van der Waals surface area contributed by atoms with Gasteiger partial charge in [0, 0.05) is 64.1 Å². The molecule has 1 N–H and O–H groups in total. The molecule has 0 radical (unpaired) electrons. The zero-order valence-electron chi connectivity index (χ0n) is 34.8. The van der Waals surface area contributed by atoms with Gasteiger partial charge in [0.1, 0.15) is 5.75 Å². The minimum atomic E-state index is 0.484. The van der Waals surface area contributed by atoms with Crippen LogP contribution in [-0.4, -0.2) is 37.1 Å². The van der Waals surface area contributed by atoms with E-state index in [1.54, 1.807) is 7.11 Å². The first kappa shape index (κ1) is 40.3. The summed E-state index contributed by atoms with van der Waals surface area (Å²) in [4.78, 5) is 3.38. The Kier molecular flexibility index (Phi) is 11.2. The first-order valence-corrected chi connectivity index (χ1v) is 21.8. The number of para-hydroxylation sites is 4. The van der Waals surface area contributed by atoms with Gasteiger partial charge >= 0.3 is 0 Å². The van der Waals surface area contributed by atoms with Crippen molar-refractivity contribution in [3.05, 3.63) is 203 Å². The predicted molar refractivity (Wildman–Crippen MR) is 264 cm³/mol. The van der Waals surface area contributed by atoms with Gasteiger partial charge in [-0.05, 0) is 133 Å². The Bertz CT molecular complexity index is 3430. The summed E-state index contributed by atoms with van der Waals surface area (Å²) in [6.45, 7) is 2.05. The summed E-state index contributed by atoms with van der Waals surface area (Å²) >= 11 is 2.26. The molecule has 9 nitrogen and oxygen atoms in total. The van der Waals surface area contributed by atoms with E-state index in [2.05, 4.69) is 162 Å². The van der Waals surface area contributed by atoms with Crippen LogP contribution in [0.2, 0.25) is 0 Å². The van der Waals surface area contributed by atoms with E-state index in [-0.39, 0.29) is 0 Å². The number of aryl methyl sites for hydroxylation is 1. The molecule has 310 valence electrons. The number of rotatable bonds is 6. The third-order valence-corrected chi connectivity index (χ3v) is 11.6. The van der Waals surface area contributed by atoms with Crippen molar-refractivity contribution in [2.45, 2.75) is 6.92 Å². The van der Waals surface area contributed by atoms with Crippen LogP contribution in [-0.2, 0) is 0 Å². The largest absolute Gasteiger partial charge is 0.497 e. The topological polar surface area (TPSA) is 108 Å². The van der Waals surface area contributed by atoms with E-state index >= 15 is 0 Å². The third kappa shape index (κ3) is 8.26. The Morgan fingerprint density at radius 3 is 1.44 bits per heavy atom. The Hall–Kier alpha value is -7.83. The molecule has 0 aliphatic heterocycles. The maximum atomic E-state index is 5.95. The summed E-state index contributed by atoms with van der Waals surface area (Å²) in [5.41, 5.74) is 10.6. The molecule has 0 bridgehead atoms. The van der Waals surface area contributed by atoms with Crippen LogP contribution >= 0.6 is 22.6 Å². The van der Waals surface area contributed by atoms with Crippen LogP contribution in [0.5, 0.6) is 5.75 Å². The fourth-order valence-electron chi connectivity index (χ4n) is 7.79. The van der Waals surface area contributed by atoms with E-state index in [0.29, 0.717) is 23.6 Å². The molecule has 0 aliphatic rings. The maximum absolute atomic E-state index is 5.95. The molecule has 10 heteroatoms. The zero-order valence-corrected chi connectivity index (χ0v) is 37.0. The summed E-state index contributed by atoms with van der Waals surface area (Å²) in [7, 11) is 1.63. The lowest BCUT2D eigenvalue weighted by atomic mass is 10.1. The number of halogens is 1. The molecule has 64 heavy (non-hydrogen) atoms. The molecule has 0 unspecified atom stereocenters. The molecule has 12 rings (SSSR count). The molecular weight excluding hydrogens is 908 g/mol. The van der Waals surface area contributed by atoms with E-state index < -0.39 is 0 Å². The molecule has 12 aromatic rings. The highest BCUT2D eigenvalue weighted by molar-refractivity contribution is 14.1. The van der Waals surface area contributed by atoms with E-state index in [1.807, 2.05) is 91.9 Å². The van der Waals surface area contributed by atoms with Crippen molar-refractivity contribution in [1.82, 2.24) is 29.9 Å². The molecule has 0 aliphatic carbocycles. The van der Waals surface area contributed by atoms with Crippen molar-refractivity contribution < 1.29 is 13.6 Å². The molecular formula is C54H39IN6O3. The number of hydrogen-bond donors (Lipinski definition) is 1. The molecule has 4 heterocycles. The zero-order chi connectivity index (χ0) is 43.4. The molecule has 0 saturated heterocycles. The van der Waals surface area contributed by atoms with Gasteiger partial charge in [-0.1, -0.05) is 96.6 Å². The number of H-pyrrole nitrogens is 1. The smallest absolute Gasteiger partial charge is 0.248 e. The molecule has 0 amide bonds. The minimum Gasteiger partial charge on any atom is -0.497 e. The number of benzene rings is 8. The fraction of sp³-hybridized carbons (Fsp3) is 0.0370. The lowest BCUT2D eigenvalue weighted by Gasteiger charge is -2.08. The Labute approximate surface area is 382 Å². The normalized spacial score (nSPS) is 11.0. The van der Waals surface area contributed by atoms with Crippen LogP contribution in [0.4, 0.5) is 0 Å². The molecule has 0 fully saturated rings. The molecule has 0 saturated carbocycles. The van der Waals surface area contributed by atoms with Crippen molar-refractivity contribution in [2.75, 3.05) is 7.11 Å². The second-order valence-electron chi connectivity index (χ2n) is 15.1. The number of hydrogen-bond acceptors (Lipinski definition) is 7. The van der Waals surface area contributed by atoms with Crippen molar-refractivity contribution >= 4 is 66.2 Å². The number of nitrogens with one attached hydrogen (secondary N) is 1. The third-order valence-electron chi connectivity index (χ3n) is 10.9. The van der Waals surface area contributed by atoms with Crippen LogP contribution in [0.3, 0.4) is 0 Å². The number of aromatic amines is 1. The summed E-state index contributed by atoms with van der Waals surface area (Å²) in [6.07, 6.45) is 0. The number of methoxy groups -OCH3 is 1. The summed E-state index contributed by atoms with van der Waals surface area (Å²) < 4.78 is 20.3. The quantitative estimate of drug-likeness (QED) is 0.165. The van der Waals surface area contributed by atoms with Crippen LogP contribution in [0.1, 0.15) is 5.56 Å². The van der Waals surface area contributed by atoms with Gasteiger partial charge in [0.2, 0.25) is 23.6 Å². The van der Waals surface area contributed by atoms with Gasteiger partial charge in [0.15, 0.2) is 0 Å². The van der Waals surface area contributed by atoms with Gasteiger partial charge in [-0.15, -0.1) is 20.4 Å². The number of ether oxygens (including phenoxy) is 1. The van der Waals surface area contributed by atoms with Crippen LogP contribution in [0, 0.1) is 10.5 Å². The van der Waals surface area contributed by atoms with E-state index in [1.165, 1.54) is 47.2 Å². The van der Waals surface area contributed by atoms with Gasteiger partial charge < -0.3 is 23.1 Å². The minimum absolute atomic E-state index is 0.484. The first-order valence-electron chi connectivity index (χ1n) is 20.7. The highest BCUT2D eigenvalue weighted by Crippen LogP contribution is 2.33. The maximum Gasteiger partial charge on any atom is 0.248 e. The monoisotopic (exact) mass is 946 g/mol. The average Bonchev–Trinajstić information content (AvgIpc) is 4.18. The summed E-state index contributed by atoms with van der Waals surface area (Å²) in [5.74, 6) is 2.81. The van der Waals surface area contributed by atoms with Crippen molar-refractivity contribution in [3.8, 4) is 57.3 Å². The second-order valence-corrected chi connectivity index (χ2v) is 16.3. The van der Waals surface area contributed by atoms with Crippen molar-refractivity contribution in [3.63, 3.8) is 0 Å². The predicted octanol–water partition coefficient (Wildman–Crippen LogP) is 14.1. The Balaban J connectivity index is 0.000000125. The standard InChI is InChI=1S/C27H19N3O.C15H11IN2O2.C12H9N/c1-18-7-6-8-20(17-18)27-29-28-26(31-27)19-13-15-21(16-14-19)30-24-11-4-2-9-22(24)23-10-3-5-12-25(23)30;1-19-13-4-2-3-11(9-13)15-18-17-14(20-15)10-5-7-12(16)8-6-10;1-3-7-11-9(5-1)10-6-2-4-8-12(10)13-11/h2-17H,1H3;2-9H,1H3;1-8,13H. The lowest BCUT2D eigenvalue weighted by molar-refractivity contribution is 0.415. The fourth-order valence-corrected chi connectivity index (χ4v) is 8.15. The van der Waals surface area contributed by atoms with Gasteiger partial charge in [-0.25, -0.2) is 0 Å². The average molecular weight is 947 g/mol. The van der Waals surface area contributed by atoms with Crippen LogP contribution < -0.4 is 4.74 Å². The van der Waals surface area contributed by atoms with Crippen molar-refractivity contribution in [2.24, 2.45) is 0 Å². The number of fused-ring (bicyclic) bond motifs is 6. The molecule has 4 aromatic heterocycles. The van der Waals surface area contributed by atoms with E-state index in [4.69, 9.17) is 13.6 Å². The summed E-state index contributed by atoms with van der Waals surface area (Å²) in [6, 6.07) is 65.6. The molecule has 0 spiro atoms. The van der Waals surface area contributed by atoms with Gasteiger partial charge in [-0.2, -0.15) is 0 Å².